The number of hydrogen-bond acceptors (Lipinski definition) is 3. The number of fused-ring (bicyclic) bond motifs is 2. The number of benzene rings is 1. The van der Waals surface area contributed by atoms with Crippen molar-refractivity contribution in [1.29, 1.82) is 5.26 Å². The van der Waals surface area contributed by atoms with Crippen molar-refractivity contribution >= 4 is 5.69 Å². The highest BCUT2D eigenvalue weighted by Gasteiger charge is 2.37. The van der Waals surface area contributed by atoms with Crippen molar-refractivity contribution < 1.29 is 0 Å². The molecule has 0 radical (unpaired) electrons. The van der Waals surface area contributed by atoms with Gasteiger partial charge in [0.1, 0.15) is 0 Å². The van der Waals surface area contributed by atoms with Gasteiger partial charge >= 0.3 is 0 Å². The summed E-state index contributed by atoms with van der Waals surface area (Å²) in [5, 5.41) is 12.3. The van der Waals surface area contributed by atoms with E-state index in [0.29, 0.717) is 12.1 Å². The van der Waals surface area contributed by atoms with E-state index in [2.05, 4.69) is 22.4 Å². The summed E-state index contributed by atoms with van der Waals surface area (Å²) in [6.07, 6.45) is 1.25. The zero-order valence-corrected chi connectivity index (χ0v) is 8.48. The highest BCUT2D eigenvalue weighted by atomic mass is 15.3. The first-order valence-corrected chi connectivity index (χ1v) is 5.37. The van der Waals surface area contributed by atoms with Gasteiger partial charge in [0.2, 0.25) is 0 Å². The largest absolute Gasteiger partial charge is 0.366 e. The van der Waals surface area contributed by atoms with Crippen molar-refractivity contribution in [3.05, 3.63) is 29.8 Å². The van der Waals surface area contributed by atoms with Crippen molar-refractivity contribution in [3.8, 4) is 6.07 Å². The third-order valence-electron chi connectivity index (χ3n) is 3.36. The van der Waals surface area contributed by atoms with E-state index in [1.165, 1.54) is 12.1 Å². The molecule has 3 rings (SSSR count). The van der Waals surface area contributed by atoms with Crippen LogP contribution in [0.3, 0.4) is 0 Å². The fourth-order valence-electron chi connectivity index (χ4n) is 2.63. The molecule has 0 aromatic heterocycles. The van der Waals surface area contributed by atoms with Crippen LogP contribution in [0.5, 0.6) is 0 Å². The van der Waals surface area contributed by atoms with E-state index >= 15 is 0 Å². The Morgan fingerprint density at radius 3 is 3.07 bits per heavy atom. The van der Waals surface area contributed by atoms with E-state index < -0.39 is 0 Å². The third kappa shape index (κ3) is 1.38. The summed E-state index contributed by atoms with van der Waals surface area (Å²) >= 11 is 0. The van der Waals surface area contributed by atoms with Gasteiger partial charge in [0.05, 0.1) is 11.6 Å². The fourth-order valence-corrected chi connectivity index (χ4v) is 2.63. The maximum atomic E-state index is 8.86. The molecule has 2 atom stereocenters. The van der Waals surface area contributed by atoms with Crippen molar-refractivity contribution in [2.45, 2.75) is 18.5 Å². The number of anilines is 1. The van der Waals surface area contributed by atoms with Gasteiger partial charge in [-0.15, -0.1) is 0 Å². The maximum Gasteiger partial charge on any atom is 0.0992 e. The Labute approximate surface area is 89.3 Å². The van der Waals surface area contributed by atoms with E-state index in [0.717, 1.165) is 18.7 Å². The minimum Gasteiger partial charge on any atom is -0.366 e. The average molecular weight is 199 g/mol. The lowest BCUT2D eigenvalue weighted by atomic mass is 10.2. The average Bonchev–Trinajstić information content (AvgIpc) is 2.91. The highest BCUT2D eigenvalue weighted by Crippen LogP contribution is 2.29. The van der Waals surface area contributed by atoms with Gasteiger partial charge in [-0.2, -0.15) is 5.26 Å². The van der Waals surface area contributed by atoms with Gasteiger partial charge in [0.15, 0.2) is 0 Å². The second-order valence-corrected chi connectivity index (χ2v) is 4.31. The molecular weight excluding hydrogens is 186 g/mol. The van der Waals surface area contributed by atoms with E-state index in [9.17, 15) is 0 Å². The normalized spacial score (nSPS) is 28.1. The molecule has 0 amide bonds. The quantitative estimate of drug-likeness (QED) is 0.736. The second kappa shape index (κ2) is 3.25. The van der Waals surface area contributed by atoms with E-state index in [1.54, 1.807) is 0 Å². The second-order valence-electron chi connectivity index (χ2n) is 4.31. The van der Waals surface area contributed by atoms with Gasteiger partial charge in [-0.1, -0.05) is 6.07 Å². The Balaban J connectivity index is 1.90. The fraction of sp³-hybridized carbons (Fsp3) is 0.417. The minimum absolute atomic E-state index is 0.629. The summed E-state index contributed by atoms with van der Waals surface area (Å²) < 4.78 is 0. The topological polar surface area (TPSA) is 39.1 Å². The molecule has 1 N–H and O–H groups in total. The molecule has 2 aliphatic heterocycles. The minimum atomic E-state index is 0.629. The summed E-state index contributed by atoms with van der Waals surface area (Å²) in [4.78, 5) is 2.42. The van der Waals surface area contributed by atoms with Gasteiger partial charge in [-0.05, 0) is 24.6 Å². The zero-order valence-electron chi connectivity index (χ0n) is 8.48. The van der Waals surface area contributed by atoms with Gasteiger partial charge in [-0.25, -0.2) is 0 Å². The lowest BCUT2D eigenvalue weighted by Crippen LogP contribution is -2.43. The van der Waals surface area contributed by atoms with Crippen LogP contribution in [0.25, 0.3) is 0 Å². The predicted octanol–water partition coefficient (Wildman–Crippen LogP) is 1.11. The molecule has 2 bridgehead atoms. The maximum absolute atomic E-state index is 8.86. The molecule has 3 heteroatoms. The number of hydrogen-bond donors (Lipinski definition) is 1. The van der Waals surface area contributed by atoms with Crippen molar-refractivity contribution in [3.63, 3.8) is 0 Å². The van der Waals surface area contributed by atoms with Crippen LogP contribution in [0.2, 0.25) is 0 Å². The number of nitrogens with one attached hydrogen (secondary N) is 1. The molecule has 2 saturated heterocycles. The number of piperazine rings is 1. The van der Waals surface area contributed by atoms with E-state index in [1.807, 2.05) is 18.2 Å². The molecule has 0 saturated carbocycles. The molecule has 2 unspecified atom stereocenters. The van der Waals surface area contributed by atoms with Crippen LogP contribution >= 0.6 is 0 Å². The summed E-state index contributed by atoms with van der Waals surface area (Å²) in [6, 6.07) is 11.4. The summed E-state index contributed by atoms with van der Waals surface area (Å²) in [7, 11) is 0. The zero-order chi connectivity index (χ0) is 10.3. The molecule has 0 spiro atoms. The summed E-state index contributed by atoms with van der Waals surface area (Å²) in [5.74, 6) is 0. The highest BCUT2D eigenvalue weighted by molar-refractivity contribution is 5.54. The van der Waals surface area contributed by atoms with Crippen LogP contribution < -0.4 is 10.2 Å². The van der Waals surface area contributed by atoms with Crippen LogP contribution in [0.1, 0.15) is 12.0 Å². The number of rotatable bonds is 1. The Morgan fingerprint density at radius 1 is 1.47 bits per heavy atom. The SMILES string of the molecule is N#Cc1cccc(N2CC3CC2CN3)c1. The Hall–Kier alpha value is -1.53. The predicted molar refractivity (Wildman–Crippen MR) is 58.7 cm³/mol. The first-order valence-electron chi connectivity index (χ1n) is 5.37. The van der Waals surface area contributed by atoms with Crippen molar-refractivity contribution in [1.82, 2.24) is 5.32 Å². The van der Waals surface area contributed by atoms with Crippen molar-refractivity contribution in [2.75, 3.05) is 18.0 Å². The van der Waals surface area contributed by atoms with E-state index in [4.69, 9.17) is 5.26 Å². The van der Waals surface area contributed by atoms with Crippen LogP contribution in [0.4, 0.5) is 5.69 Å². The van der Waals surface area contributed by atoms with Crippen LogP contribution in [0.15, 0.2) is 24.3 Å². The Bertz CT molecular complexity index is 421. The molecule has 2 fully saturated rings. The Morgan fingerprint density at radius 2 is 2.40 bits per heavy atom. The molecular formula is C12H13N3. The van der Waals surface area contributed by atoms with Crippen LogP contribution in [-0.2, 0) is 0 Å². The number of nitrogens with zero attached hydrogens (tertiary/aromatic N) is 2. The smallest absolute Gasteiger partial charge is 0.0992 e. The molecule has 2 heterocycles. The van der Waals surface area contributed by atoms with Gasteiger partial charge in [-0.3, -0.25) is 0 Å². The lowest BCUT2D eigenvalue weighted by molar-refractivity contribution is 0.580. The summed E-state index contributed by atoms with van der Waals surface area (Å²) in [6.45, 7) is 2.17. The van der Waals surface area contributed by atoms with Gasteiger partial charge < -0.3 is 10.2 Å². The molecule has 0 aliphatic carbocycles. The van der Waals surface area contributed by atoms with Crippen LogP contribution in [0, 0.1) is 11.3 Å². The number of nitriles is 1. The Kier molecular flexibility index (Phi) is 1.90. The lowest BCUT2D eigenvalue weighted by Gasteiger charge is -2.29. The third-order valence-corrected chi connectivity index (χ3v) is 3.36. The molecule has 1 aromatic rings. The molecule has 76 valence electrons. The molecule has 3 nitrogen and oxygen atoms in total. The monoisotopic (exact) mass is 199 g/mol. The summed E-state index contributed by atoms with van der Waals surface area (Å²) in [5.41, 5.74) is 1.95. The van der Waals surface area contributed by atoms with Crippen LogP contribution in [-0.4, -0.2) is 25.2 Å². The van der Waals surface area contributed by atoms with Gasteiger partial charge in [0, 0.05) is 30.9 Å². The first kappa shape index (κ1) is 8.75. The molecule has 15 heavy (non-hydrogen) atoms. The van der Waals surface area contributed by atoms with E-state index in [-0.39, 0.29) is 0 Å². The first-order chi connectivity index (χ1) is 7.36. The standard InChI is InChI=1S/C12H13N3/c13-6-9-2-1-3-11(4-9)15-8-10-5-12(15)7-14-10/h1-4,10,12,14H,5,7-8H2. The molecule has 1 aromatic carbocycles. The van der Waals surface area contributed by atoms with Crippen molar-refractivity contribution in [2.24, 2.45) is 0 Å². The molecule has 2 aliphatic rings. The van der Waals surface area contributed by atoms with Gasteiger partial charge in [0.25, 0.3) is 0 Å².